The second-order valence-electron chi connectivity index (χ2n) is 10.2. The molecule has 2 heterocycles. The molecule has 2 aliphatic rings. The van der Waals surface area contributed by atoms with E-state index in [9.17, 15) is 4.79 Å². The van der Waals surface area contributed by atoms with Crippen molar-refractivity contribution in [1.82, 2.24) is 10.2 Å². The van der Waals surface area contributed by atoms with Gasteiger partial charge >= 0.3 is 0 Å². The molecule has 40 heavy (non-hydrogen) atoms. The van der Waals surface area contributed by atoms with E-state index in [2.05, 4.69) is 39.4 Å². The molecule has 2 aliphatic heterocycles. The molecule has 4 aromatic rings. The third kappa shape index (κ3) is 5.39. The molecule has 0 aromatic heterocycles. The number of nitrogens with one attached hydrogen (secondary N) is 1. The van der Waals surface area contributed by atoms with Crippen LogP contribution in [-0.4, -0.2) is 43.3 Å². The first-order valence-corrected chi connectivity index (χ1v) is 14.3. The molecule has 4 aromatic carbocycles. The Hall–Kier alpha value is -3.97. The van der Waals surface area contributed by atoms with Gasteiger partial charge in [-0.15, -0.1) is 0 Å². The summed E-state index contributed by atoms with van der Waals surface area (Å²) in [5, 5.41) is 5.64. The number of nitrogens with zero attached hydrogens (tertiary/aromatic N) is 1. The van der Waals surface area contributed by atoms with Gasteiger partial charge in [-0.1, -0.05) is 63.5 Å². The molecule has 1 N–H and O–H groups in total. The fourth-order valence-corrected chi connectivity index (χ4v) is 5.62. The van der Waals surface area contributed by atoms with Crippen LogP contribution in [0, 0.1) is 13.8 Å². The van der Waals surface area contributed by atoms with E-state index in [1.54, 1.807) is 4.90 Å². The number of ether oxygens (including phenoxy) is 3. The van der Waals surface area contributed by atoms with E-state index < -0.39 is 6.23 Å². The van der Waals surface area contributed by atoms with Gasteiger partial charge < -0.3 is 19.5 Å². The van der Waals surface area contributed by atoms with Crippen molar-refractivity contribution in [2.24, 2.45) is 0 Å². The molecule has 7 heteroatoms. The molecular formula is C33H31BrN2O4. The SMILES string of the molecule is Cc1ccc(OCCNC2=C3Cc4c(ccc5cc(Br)ccc45)OC3N(CCOc3ccc(C)cc3)C2=O)cc1. The number of amides is 1. The van der Waals surface area contributed by atoms with Gasteiger partial charge in [0.25, 0.3) is 5.91 Å². The van der Waals surface area contributed by atoms with Crippen molar-refractivity contribution in [3.05, 3.63) is 111 Å². The van der Waals surface area contributed by atoms with E-state index in [4.69, 9.17) is 14.2 Å². The number of rotatable bonds is 9. The average molecular weight is 600 g/mol. The minimum atomic E-state index is -0.477. The Kier molecular flexibility index (Phi) is 7.39. The van der Waals surface area contributed by atoms with Crippen LogP contribution in [-0.2, 0) is 11.2 Å². The first-order valence-electron chi connectivity index (χ1n) is 13.5. The Bertz CT molecular complexity index is 1580. The molecule has 0 saturated heterocycles. The van der Waals surface area contributed by atoms with Gasteiger partial charge in [-0.2, -0.15) is 0 Å². The normalized spacial score (nSPS) is 16.0. The van der Waals surface area contributed by atoms with Crippen molar-refractivity contribution < 1.29 is 19.0 Å². The standard InChI is InChI=1S/C33H31BrN2O4/c1-21-3-9-25(10-4-21)38-17-15-35-31-29-20-28-27-13-8-24(34)19-23(27)7-14-30(28)40-33(29)36(32(31)37)16-18-39-26-11-5-22(2)6-12-26/h3-14,19,33,35H,15-18,20H2,1-2H3. The summed E-state index contributed by atoms with van der Waals surface area (Å²) in [5.41, 5.74) is 4.99. The minimum absolute atomic E-state index is 0.0808. The molecular weight excluding hydrogens is 568 g/mol. The quantitative estimate of drug-likeness (QED) is 0.228. The molecule has 1 atom stereocenters. The Morgan fingerprint density at radius 3 is 2.27 bits per heavy atom. The summed E-state index contributed by atoms with van der Waals surface area (Å²) in [4.78, 5) is 15.5. The van der Waals surface area contributed by atoms with Crippen molar-refractivity contribution in [1.29, 1.82) is 0 Å². The maximum absolute atomic E-state index is 13.7. The molecule has 0 spiro atoms. The van der Waals surface area contributed by atoms with E-state index in [0.717, 1.165) is 43.6 Å². The maximum Gasteiger partial charge on any atom is 0.273 e. The molecule has 6 rings (SSSR count). The Balaban J connectivity index is 1.22. The fourth-order valence-electron chi connectivity index (χ4n) is 5.24. The summed E-state index contributed by atoms with van der Waals surface area (Å²) in [6, 6.07) is 26.2. The maximum atomic E-state index is 13.7. The highest BCUT2D eigenvalue weighted by molar-refractivity contribution is 9.10. The highest BCUT2D eigenvalue weighted by atomic mass is 79.9. The number of hydrogen-bond acceptors (Lipinski definition) is 5. The molecule has 204 valence electrons. The predicted octanol–water partition coefficient (Wildman–Crippen LogP) is 6.32. The van der Waals surface area contributed by atoms with Crippen LogP contribution in [0.5, 0.6) is 17.2 Å². The number of hydrogen-bond donors (Lipinski definition) is 1. The summed E-state index contributed by atoms with van der Waals surface area (Å²) in [6.07, 6.45) is 0.149. The lowest BCUT2D eigenvalue weighted by Gasteiger charge is -2.32. The Labute approximate surface area is 242 Å². The Morgan fingerprint density at radius 2 is 1.57 bits per heavy atom. The number of fused-ring (bicyclic) bond motifs is 4. The van der Waals surface area contributed by atoms with Gasteiger partial charge in [0.1, 0.15) is 36.2 Å². The van der Waals surface area contributed by atoms with Crippen LogP contribution in [0.2, 0.25) is 0 Å². The van der Waals surface area contributed by atoms with Crippen LogP contribution in [0.1, 0.15) is 16.7 Å². The summed E-state index contributed by atoms with van der Waals surface area (Å²) in [6.45, 7) is 5.79. The molecule has 1 amide bonds. The van der Waals surface area contributed by atoms with Crippen molar-refractivity contribution in [2.75, 3.05) is 26.3 Å². The summed E-state index contributed by atoms with van der Waals surface area (Å²) in [5.74, 6) is 2.32. The zero-order valence-corrected chi connectivity index (χ0v) is 24.2. The third-order valence-electron chi connectivity index (χ3n) is 7.35. The smallest absolute Gasteiger partial charge is 0.273 e. The van der Waals surface area contributed by atoms with E-state index in [1.807, 2.05) is 74.5 Å². The summed E-state index contributed by atoms with van der Waals surface area (Å²) >= 11 is 3.57. The van der Waals surface area contributed by atoms with Gasteiger partial charge in [-0.05, 0) is 67.1 Å². The molecule has 0 fully saturated rings. The lowest BCUT2D eigenvalue weighted by atomic mass is 9.94. The van der Waals surface area contributed by atoms with Gasteiger partial charge in [-0.3, -0.25) is 9.69 Å². The van der Waals surface area contributed by atoms with Crippen molar-refractivity contribution in [3.8, 4) is 17.2 Å². The van der Waals surface area contributed by atoms with E-state index in [0.29, 0.717) is 38.4 Å². The molecule has 0 saturated carbocycles. The first-order chi connectivity index (χ1) is 19.5. The number of halogens is 1. The lowest BCUT2D eigenvalue weighted by molar-refractivity contribution is -0.131. The van der Waals surface area contributed by atoms with Crippen LogP contribution < -0.4 is 19.5 Å². The van der Waals surface area contributed by atoms with E-state index in [-0.39, 0.29) is 5.91 Å². The van der Waals surface area contributed by atoms with Gasteiger partial charge in [-0.25, -0.2) is 0 Å². The third-order valence-corrected chi connectivity index (χ3v) is 7.84. The number of aryl methyl sites for hydroxylation is 2. The Morgan fingerprint density at radius 1 is 0.900 bits per heavy atom. The monoisotopic (exact) mass is 598 g/mol. The van der Waals surface area contributed by atoms with Crippen molar-refractivity contribution in [2.45, 2.75) is 26.5 Å². The minimum Gasteiger partial charge on any atom is -0.492 e. The number of carbonyl (C=O) groups excluding carboxylic acids is 1. The van der Waals surface area contributed by atoms with Crippen molar-refractivity contribution in [3.63, 3.8) is 0 Å². The molecule has 0 radical (unpaired) electrons. The molecule has 1 unspecified atom stereocenters. The van der Waals surface area contributed by atoms with Crippen LogP contribution in [0.3, 0.4) is 0 Å². The van der Waals surface area contributed by atoms with Gasteiger partial charge in [0, 0.05) is 28.6 Å². The molecule has 0 aliphatic carbocycles. The van der Waals surface area contributed by atoms with Crippen LogP contribution in [0.4, 0.5) is 0 Å². The molecule has 6 nitrogen and oxygen atoms in total. The fraction of sp³-hybridized carbons (Fsp3) is 0.242. The van der Waals surface area contributed by atoms with Gasteiger partial charge in [0.05, 0.1) is 6.54 Å². The average Bonchev–Trinajstić information content (AvgIpc) is 3.21. The second kappa shape index (κ2) is 11.3. The van der Waals surface area contributed by atoms with Gasteiger partial charge in [0.2, 0.25) is 0 Å². The first kappa shape index (κ1) is 26.3. The van der Waals surface area contributed by atoms with Crippen LogP contribution in [0.15, 0.2) is 94.6 Å². The van der Waals surface area contributed by atoms with Gasteiger partial charge in [0.15, 0.2) is 6.23 Å². The van der Waals surface area contributed by atoms with Crippen LogP contribution in [0.25, 0.3) is 10.8 Å². The second-order valence-corrected chi connectivity index (χ2v) is 11.1. The predicted molar refractivity (Wildman–Crippen MR) is 160 cm³/mol. The topological polar surface area (TPSA) is 60.0 Å². The highest BCUT2D eigenvalue weighted by Crippen LogP contribution is 2.41. The lowest BCUT2D eigenvalue weighted by Crippen LogP contribution is -2.43. The van der Waals surface area contributed by atoms with Crippen molar-refractivity contribution >= 4 is 32.6 Å². The largest absolute Gasteiger partial charge is 0.492 e. The highest BCUT2D eigenvalue weighted by Gasteiger charge is 2.43. The number of carbonyl (C=O) groups is 1. The van der Waals surface area contributed by atoms with Crippen LogP contribution >= 0.6 is 15.9 Å². The van der Waals surface area contributed by atoms with E-state index in [1.165, 1.54) is 11.1 Å². The zero-order valence-electron chi connectivity index (χ0n) is 22.6. The molecule has 0 bridgehead atoms. The zero-order chi connectivity index (χ0) is 27.6. The summed E-state index contributed by atoms with van der Waals surface area (Å²) in [7, 11) is 0. The number of benzene rings is 4. The summed E-state index contributed by atoms with van der Waals surface area (Å²) < 4.78 is 19.4. The van der Waals surface area contributed by atoms with E-state index >= 15 is 0 Å².